The summed E-state index contributed by atoms with van der Waals surface area (Å²) in [6.45, 7) is 4.09. The lowest BCUT2D eigenvalue weighted by atomic mass is 9.48. The van der Waals surface area contributed by atoms with Crippen LogP contribution >= 0.6 is 0 Å². The van der Waals surface area contributed by atoms with Crippen LogP contribution in [0.4, 0.5) is 0 Å². The maximum atomic E-state index is 11.2. The zero-order chi connectivity index (χ0) is 24.6. The van der Waals surface area contributed by atoms with Gasteiger partial charge < -0.3 is 19.3 Å². The van der Waals surface area contributed by atoms with Crippen LogP contribution in [0.25, 0.3) is 11.6 Å². The molecule has 1 N–H and O–H groups in total. The van der Waals surface area contributed by atoms with E-state index in [4.69, 9.17) is 19.3 Å². The van der Waals surface area contributed by atoms with Gasteiger partial charge in [-0.3, -0.25) is 0 Å². The topological polar surface area (TPSA) is 65.0 Å². The first-order valence-corrected chi connectivity index (χ1v) is 12.8. The number of methoxy groups -OCH3 is 1. The first-order chi connectivity index (χ1) is 16.8. The molecule has 0 heterocycles. The zero-order valence-electron chi connectivity index (χ0n) is 21.0. The second-order valence-electron chi connectivity index (χ2n) is 10.9. The molecule has 2 aromatic rings. The Bertz CT molecular complexity index is 1060. The maximum absolute atomic E-state index is 11.2. The van der Waals surface area contributed by atoms with Crippen molar-refractivity contribution in [1.29, 1.82) is 0 Å². The Morgan fingerprint density at radius 3 is 2.20 bits per heavy atom. The molecule has 0 aliphatic heterocycles. The van der Waals surface area contributed by atoms with Crippen LogP contribution < -0.4 is 4.74 Å². The molecule has 5 nitrogen and oxygen atoms in total. The van der Waals surface area contributed by atoms with Crippen molar-refractivity contribution >= 4 is 17.6 Å². The van der Waals surface area contributed by atoms with Crippen LogP contribution in [0.5, 0.6) is 5.75 Å². The van der Waals surface area contributed by atoms with Crippen LogP contribution in [0.3, 0.4) is 0 Å². The van der Waals surface area contributed by atoms with Gasteiger partial charge in [-0.05, 0) is 110 Å². The number of carbonyl (C=O) groups is 1. The van der Waals surface area contributed by atoms with Crippen molar-refractivity contribution in [3.05, 3.63) is 64.7 Å². The van der Waals surface area contributed by atoms with Gasteiger partial charge in [-0.1, -0.05) is 30.3 Å². The normalized spacial score (nSPS) is 28.2. The lowest BCUT2D eigenvalue weighted by molar-refractivity contribution is -0.150. The second kappa shape index (κ2) is 9.79. The molecule has 0 radical (unpaired) electrons. The van der Waals surface area contributed by atoms with E-state index < -0.39 is 5.97 Å². The summed E-state index contributed by atoms with van der Waals surface area (Å²) in [5, 5.41) is 9.15. The molecule has 1 unspecified atom stereocenters. The second-order valence-corrected chi connectivity index (χ2v) is 10.9. The standard InChI is InChI=1S/C30H36O5/c1-19(10-21-4-6-25(7-5-21)29(31)32)26-8-9-27(28(14-26)35-18-34-20(2)33-3)30-15-22-11-23(16-30)13-24(12-22)17-30/h4-10,14,20,22-24H,11-13,15-18H2,1-3H3,(H,31,32)/b19-10+. The lowest BCUT2D eigenvalue weighted by Crippen LogP contribution is -2.48. The molecule has 4 bridgehead atoms. The minimum atomic E-state index is -0.913. The SMILES string of the molecule is COC(C)OCOc1cc(/C(C)=C/c2ccc(C(=O)O)cc2)ccc1C12CC3CC(CC(C3)C1)C2. The van der Waals surface area contributed by atoms with Crippen LogP contribution in [0.2, 0.25) is 0 Å². The molecule has 1 atom stereocenters. The number of hydrogen-bond donors (Lipinski definition) is 1. The van der Waals surface area contributed by atoms with E-state index in [1.165, 1.54) is 44.1 Å². The Morgan fingerprint density at radius 1 is 1.03 bits per heavy atom. The summed E-state index contributed by atoms with van der Waals surface area (Å²) >= 11 is 0. The third kappa shape index (κ3) is 5.03. The highest BCUT2D eigenvalue weighted by Gasteiger charge is 2.52. The van der Waals surface area contributed by atoms with Gasteiger partial charge in [-0.2, -0.15) is 0 Å². The number of allylic oxidation sites excluding steroid dienone is 1. The minimum Gasteiger partial charge on any atom is -0.478 e. The van der Waals surface area contributed by atoms with E-state index in [0.717, 1.165) is 40.2 Å². The van der Waals surface area contributed by atoms with E-state index in [1.54, 1.807) is 19.2 Å². The molecule has 186 valence electrons. The molecule has 4 aliphatic carbocycles. The van der Waals surface area contributed by atoms with E-state index in [2.05, 4.69) is 31.2 Å². The van der Waals surface area contributed by atoms with Gasteiger partial charge in [0.05, 0.1) is 5.56 Å². The number of ether oxygens (including phenoxy) is 3. The Morgan fingerprint density at radius 2 is 1.63 bits per heavy atom. The van der Waals surface area contributed by atoms with Gasteiger partial charge in [0, 0.05) is 12.7 Å². The van der Waals surface area contributed by atoms with E-state index in [9.17, 15) is 4.79 Å². The number of hydrogen-bond acceptors (Lipinski definition) is 4. The van der Waals surface area contributed by atoms with Gasteiger partial charge in [0.25, 0.3) is 0 Å². The van der Waals surface area contributed by atoms with Crippen LogP contribution in [0.15, 0.2) is 42.5 Å². The molecule has 6 rings (SSSR count). The quantitative estimate of drug-likeness (QED) is 0.320. The van der Waals surface area contributed by atoms with Gasteiger partial charge in [0.1, 0.15) is 5.75 Å². The number of carboxylic acid groups (broad SMARTS) is 1. The highest BCUT2D eigenvalue weighted by Crippen LogP contribution is 2.62. The maximum Gasteiger partial charge on any atom is 0.335 e. The molecular formula is C30H36O5. The first kappa shape index (κ1) is 24.1. The van der Waals surface area contributed by atoms with Crippen LogP contribution in [-0.2, 0) is 14.9 Å². The van der Waals surface area contributed by atoms with Crippen molar-refractivity contribution in [3.8, 4) is 5.75 Å². The molecule has 0 spiro atoms. The van der Waals surface area contributed by atoms with Crippen molar-refractivity contribution in [2.75, 3.05) is 13.9 Å². The van der Waals surface area contributed by atoms with Gasteiger partial charge >= 0.3 is 5.97 Å². The van der Waals surface area contributed by atoms with Crippen molar-refractivity contribution in [2.45, 2.75) is 64.1 Å². The van der Waals surface area contributed by atoms with Gasteiger partial charge in [-0.25, -0.2) is 4.79 Å². The summed E-state index contributed by atoms with van der Waals surface area (Å²) in [4.78, 5) is 11.2. The molecule has 2 aromatic carbocycles. The smallest absolute Gasteiger partial charge is 0.335 e. The van der Waals surface area contributed by atoms with Crippen LogP contribution in [0.1, 0.15) is 79.4 Å². The van der Waals surface area contributed by atoms with Gasteiger partial charge in [0.15, 0.2) is 13.1 Å². The molecule has 0 saturated heterocycles. The lowest BCUT2D eigenvalue weighted by Gasteiger charge is -2.57. The Balaban J connectivity index is 1.45. The summed E-state index contributed by atoms with van der Waals surface area (Å²) in [5.74, 6) is 2.57. The van der Waals surface area contributed by atoms with Gasteiger partial charge in [-0.15, -0.1) is 0 Å². The predicted octanol–water partition coefficient (Wildman–Crippen LogP) is 6.76. The highest BCUT2D eigenvalue weighted by atomic mass is 16.7. The third-order valence-electron chi connectivity index (χ3n) is 8.44. The number of aromatic carboxylic acids is 1. The molecule has 4 fully saturated rings. The minimum absolute atomic E-state index is 0.150. The fourth-order valence-corrected chi connectivity index (χ4v) is 7.08. The van der Waals surface area contributed by atoms with E-state index in [-0.39, 0.29) is 18.5 Å². The molecule has 35 heavy (non-hydrogen) atoms. The van der Waals surface area contributed by atoms with Crippen molar-refractivity contribution in [3.63, 3.8) is 0 Å². The predicted molar refractivity (Wildman–Crippen MR) is 136 cm³/mol. The molecule has 0 aromatic heterocycles. The Labute approximate surface area is 208 Å². The summed E-state index contributed by atoms with van der Waals surface area (Å²) in [7, 11) is 1.63. The number of rotatable bonds is 9. The summed E-state index contributed by atoms with van der Waals surface area (Å²) in [6, 6.07) is 13.6. The fraction of sp³-hybridized carbons (Fsp3) is 0.500. The largest absolute Gasteiger partial charge is 0.478 e. The van der Waals surface area contributed by atoms with Crippen molar-refractivity contribution < 1.29 is 24.1 Å². The Kier molecular flexibility index (Phi) is 6.73. The third-order valence-corrected chi connectivity index (χ3v) is 8.44. The van der Waals surface area contributed by atoms with Crippen molar-refractivity contribution in [1.82, 2.24) is 0 Å². The molecule has 4 saturated carbocycles. The average molecular weight is 477 g/mol. The molecule has 5 heteroatoms. The molecular weight excluding hydrogens is 440 g/mol. The highest BCUT2D eigenvalue weighted by molar-refractivity contribution is 5.88. The first-order valence-electron chi connectivity index (χ1n) is 12.8. The van der Waals surface area contributed by atoms with E-state index in [0.29, 0.717) is 5.56 Å². The molecule has 4 aliphatic rings. The van der Waals surface area contributed by atoms with E-state index in [1.807, 2.05) is 19.1 Å². The number of benzene rings is 2. The average Bonchev–Trinajstić information content (AvgIpc) is 2.83. The van der Waals surface area contributed by atoms with Crippen molar-refractivity contribution in [2.24, 2.45) is 17.8 Å². The Hall–Kier alpha value is -2.63. The summed E-state index contributed by atoms with van der Waals surface area (Å²) < 4.78 is 17.2. The van der Waals surface area contributed by atoms with Gasteiger partial charge in [0.2, 0.25) is 0 Å². The fourth-order valence-electron chi connectivity index (χ4n) is 7.08. The molecule has 0 amide bonds. The zero-order valence-corrected chi connectivity index (χ0v) is 21.0. The van der Waals surface area contributed by atoms with Crippen LogP contribution in [-0.4, -0.2) is 31.3 Å². The summed E-state index contributed by atoms with van der Waals surface area (Å²) in [6.07, 6.45) is 9.80. The number of carboxylic acids is 1. The summed E-state index contributed by atoms with van der Waals surface area (Å²) in [5.41, 5.74) is 5.02. The monoisotopic (exact) mass is 476 g/mol. The van der Waals surface area contributed by atoms with Crippen LogP contribution in [0, 0.1) is 17.8 Å². The van der Waals surface area contributed by atoms with E-state index >= 15 is 0 Å².